The summed E-state index contributed by atoms with van der Waals surface area (Å²) in [6.07, 6.45) is 1.37. The second-order valence-electron chi connectivity index (χ2n) is 11.1. The lowest BCUT2D eigenvalue weighted by Gasteiger charge is -2.38. The Hall–Kier alpha value is -4.72. The van der Waals surface area contributed by atoms with Gasteiger partial charge in [-0.3, -0.25) is 9.78 Å². The monoisotopic (exact) mass is 641 g/mol. The van der Waals surface area contributed by atoms with E-state index in [2.05, 4.69) is 15.3 Å². The maximum Gasteiger partial charge on any atom is 0.411 e. The summed E-state index contributed by atoms with van der Waals surface area (Å²) in [6.45, 7) is -1.05. The number of rotatable bonds is 7. The summed E-state index contributed by atoms with van der Waals surface area (Å²) in [4.78, 5) is 40.5. The number of aromatic nitrogens is 3. The van der Waals surface area contributed by atoms with Crippen LogP contribution in [-0.4, -0.2) is 72.0 Å². The highest BCUT2D eigenvalue weighted by Crippen LogP contribution is 2.33. The van der Waals surface area contributed by atoms with E-state index in [1.807, 2.05) is 6.20 Å². The predicted octanol–water partition coefficient (Wildman–Crippen LogP) is 4.74. The lowest BCUT2D eigenvalue weighted by molar-refractivity contribution is -0.167. The third kappa shape index (κ3) is 6.08. The van der Waals surface area contributed by atoms with Crippen LogP contribution in [0.1, 0.15) is 33.6 Å². The van der Waals surface area contributed by atoms with Gasteiger partial charge in [0.15, 0.2) is 5.82 Å². The highest BCUT2D eigenvalue weighted by molar-refractivity contribution is 5.98. The second-order valence-corrected chi connectivity index (χ2v) is 11.1. The molecule has 2 aromatic heterocycles. The van der Waals surface area contributed by atoms with Crippen LogP contribution in [0.5, 0.6) is 0 Å². The van der Waals surface area contributed by atoms with Gasteiger partial charge < -0.3 is 19.7 Å². The number of hydrogen-bond acceptors (Lipinski definition) is 8. The summed E-state index contributed by atoms with van der Waals surface area (Å²) in [6, 6.07) is 4.80. The molecule has 14 heteroatoms. The lowest BCUT2D eigenvalue weighted by atomic mass is 9.97. The van der Waals surface area contributed by atoms with Gasteiger partial charge in [-0.05, 0) is 54.7 Å². The number of nitrogens with one attached hydrogen (secondary N) is 1. The van der Waals surface area contributed by atoms with Crippen molar-refractivity contribution in [1.29, 1.82) is 0 Å². The molecule has 0 spiro atoms. The first-order valence-corrected chi connectivity index (χ1v) is 14.6. The van der Waals surface area contributed by atoms with Crippen molar-refractivity contribution in [3.05, 3.63) is 82.8 Å². The molecule has 0 radical (unpaired) electrons. The fourth-order valence-electron chi connectivity index (χ4n) is 5.95. The molecule has 1 fully saturated rings. The minimum absolute atomic E-state index is 0.0790. The molecule has 46 heavy (non-hydrogen) atoms. The molecule has 6 rings (SSSR count). The number of alkyl halides is 3. The van der Waals surface area contributed by atoms with Crippen LogP contribution < -0.4 is 10.2 Å². The Morgan fingerprint density at radius 2 is 1.91 bits per heavy atom. The molecule has 1 saturated heterocycles. The van der Waals surface area contributed by atoms with Crippen LogP contribution in [0.4, 0.5) is 27.6 Å². The summed E-state index contributed by atoms with van der Waals surface area (Å²) in [5.74, 6) is -4.44. The van der Waals surface area contributed by atoms with E-state index >= 15 is 8.78 Å². The molecule has 0 bridgehead atoms. The highest BCUT2D eigenvalue weighted by Gasteiger charge is 2.46. The van der Waals surface area contributed by atoms with Gasteiger partial charge in [-0.1, -0.05) is 12.1 Å². The topological polar surface area (TPSA) is 107 Å². The number of hydrogen-bond donors (Lipinski definition) is 1. The van der Waals surface area contributed by atoms with Gasteiger partial charge in [-0.25, -0.2) is 23.5 Å². The van der Waals surface area contributed by atoms with Crippen molar-refractivity contribution in [1.82, 2.24) is 20.3 Å². The minimum atomic E-state index is -4.72. The van der Waals surface area contributed by atoms with Crippen LogP contribution in [0.25, 0.3) is 22.3 Å². The Labute approximate surface area is 259 Å². The van der Waals surface area contributed by atoms with Gasteiger partial charge in [0.05, 0.1) is 25.8 Å². The van der Waals surface area contributed by atoms with E-state index in [4.69, 9.17) is 14.5 Å². The van der Waals surface area contributed by atoms with Crippen LogP contribution in [0.2, 0.25) is 0 Å². The Kier molecular flexibility index (Phi) is 8.55. The molecule has 9 nitrogen and oxygen atoms in total. The van der Waals surface area contributed by atoms with Gasteiger partial charge in [0.2, 0.25) is 0 Å². The van der Waals surface area contributed by atoms with E-state index in [0.29, 0.717) is 40.0 Å². The maximum absolute atomic E-state index is 15.2. The average Bonchev–Trinajstić information content (AvgIpc) is 3.51. The molecule has 1 N–H and O–H groups in total. The first kappa shape index (κ1) is 31.3. The molecule has 1 aliphatic heterocycles. The number of methoxy groups -OCH3 is 1. The number of halogens is 5. The summed E-state index contributed by atoms with van der Waals surface area (Å²) in [5, 5.41) is 2.97. The highest BCUT2D eigenvalue weighted by atomic mass is 19.4. The van der Waals surface area contributed by atoms with Crippen molar-refractivity contribution in [3.8, 4) is 11.4 Å². The number of anilines is 1. The number of morpholine rings is 1. The van der Waals surface area contributed by atoms with E-state index in [-0.39, 0.29) is 19.6 Å². The lowest BCUT2D eigenvalue weighted by Crippen LogP contribution is -2.53. The minimum Gasteiger partial charge on any atom is -0.467 e. The number of aryl methyl sites for hydroxylation is 2. The molecule has 240 valence electrons. The fourth-order valence-corrected chi connectivity index (χ4v) is 5.95. The first-order valence-electron chi connectivity index (χ1n) is 14.6. The Morgan fingerprint density at radius 1 is 1.13 bits per heavy atom. The molecule has 0 saturated carbocycles. The number of ether oxygens (including phenoxy) is 2. The van der Waals surface area contributed by atoms with Crippen LogP contribution in [0, 0.1) is 11.6 Å². The van der Waals surface area contributed by atoms with Gasteiger partial charge in [0.1, 0.15) is 29.3 Å². The van der Waals surface area contributed by atoms with Gasteiger partial charge in [0.25, 0.3) is 5.91 Å². The number of benzene rings is 2. The number of esters is 1. The zero-order valence-corrected chi connectivity index (χ0v) is 24.5. The van der Waals surface area contributed by atoms with Crippen molar-refractivity contribution < 1.29 is 41.0 Å². The van der Waals surface area contributed by atoms with Crippen molar-refractivity contribution in [2.45, 2.75) is 43.9 Å². The number of amides is 1. The molecule has 0 unspecified atom stereocenters. The quantitative estimate of drug-likeness (QED) is 0.228. The molecule has 2 atom stereocenters. The van der Waals surface area contributed by atoms with Gasteiger partial charge >= 0.3 is 12.1 Å². The molecule has 3 heterocycles. The SMILES string of the molecule is COC(=O)[C@H](Cc1ccc(-c2ncc3c(n2)CCC3)c2ncccc12)NC(=O)c1c(F)cc(N2CCOC[C@@H]2C(F)(F)F)cc1F. The third-order valence-electron chi connectivity index (χ3n) is 8.22. The largest absolute Gasteiger partial charge is 0.467 e. The number of pyridine rings is 1. The number of nitrogens with zero attached hydrogens (tertiary/aromatic N) is 4. The van der Waals surface area contributed by atoms with Gasteiger partial charge in [0, 0.05) is 47.7 Å². The van der Waals surface area contributed by atoms with Crippen molar-refractivity contribution in [2.75, 3.05) is 31.8 Å². The zero-order valence-electron chi connectivity index (χ0n) is 24.5. The molecule has 4 aromatic rings. The molecule has 2 aromatic carbocycles. The summed E-state index contributed by atoms with van der Waals surface area (Å²) >= 11 is 0. The zero-order chi connectivity index (χ0) is 32.6. The Bertz CT molecular complexity index is 1790. The normalized spacial score (nSPS) is 17.1. The van der Waals surface area contributed by atoms with Crippen molar-refractivity contribution in [2.24, 2.45) is 0 Å². The summed E-state index contributed by atoms with van der Waals surface area (Å²) < 4.78 is 80.9. The Balaban J connectivity index is 1.27. The van der Waals surface area contributed by atoms with Crippen LogP contribution in [0.15, 0.2) is 48.8 Å². The molecular weight excluding hydrogens is 613 g/mol. The Morgan fingerprint density at radius 3 is 2.65 bits per heavy atom. The number of carbonyl (C=O) groups is 2. The smallest absolute Gasteiger partial charge is 0.411 e. The van der Waals surface area contributed by atoms with E-state index in [1.54, 1.807) is 30.5 Å². The molecule has 1 aliphatic carbocycles. The van der Waals surface area contributed by atoms with Crippen LogP contribution in [0.3, 0.4) is 0 Å². The first-order chi connectivity index (χ1) is 22.0. The average molecular weight is 642 g/mol. The van der Waals surface area contributed by atoms with Gasteiger partial charge in [-0.2, -0.15) is 13.2 Å². The van der Waals surface area contributed by atoms with Crippen molar-refractivity contribution >= 4 is 28.5 Å². The van der Waals surface area contributed by atoms with E-state index in [1.165, 1.54) is 0 Å². The second kappa shape index (κ2) is 12.6. The fraction of sp³-hybridized carbons (Fsp3) is 0.344. The van der Waals surface area contributed by atoms with E-state index in [0.717, 1.165) is 42.5 Å². The number of fused-ring (bicyclic) bond motifs is 2. The van der Waals surface area contributed by atoms with E-state index in [9.17, 15) is 22.8 Å². The third-order valence-corrected chi connectivity index (χ3v) is 8.22. The van der Waals surface area contributed by atoms with Crippen LogP contribution >= 0.6 is 0 Å². The predicted molar refractivity (Wildman–Crippen MR) is 156 cm³/mol. The standard InChI is InChI=1S/C32H28F5N5O4/c1-45-31(44)25(41-30(43)27-22(33)13-19(14-23(27)34)42-10-11-46-16-26(42)32(35,36)37)12-17-7-8-21(28-20(17)5-3-9-38-28)29-39-15-18-4-2-6-24(18)40-29/h3,5,7-9,13-15,25-26H,2,4,6,10-12,16H2,1H3,(H,41,43)/t25-,26+/m0/s1. The molecular formula is C32H28F5N5O4. The maximum atomic E-state index is 15.2. The van der Waals surface area contributed by atoms with E-state index < -0.39 is 59.6 Å². The summed E-state index contributed by atoms with van der Waals surface area (Å²) in [5.41, 5.74) is 2.46. The molecule has 2 aliphatic rings. The number of carbonyl (C=O) groups excluding carboxylic acids is 2. The van der Waals surface area contributed by atoms with Crippen molar-refractivity contribution in [3.63, 3.8) is 0 Å². The van der Waals surface area contributed by atoms with Crippen LogP contribution in [-0.2, 0) is 33.5 Å². The summed E-state index contributed by atoms with van der Waals surface area (Å²) in [7, 11) is 1.10. The molecule has 1 amide bonds. The van der Waals surface area contributed by atoms with Gasteiger partial charge in [-0.15, -0.1) is 0 Å².